The predicted molar refractivity (Wildman–Crippen MR) is 75.8 cm³/mol. The molecule has 18 heavy (non-hydrogen) atoms. The third-order valence-corrected chi connectivity index (χ3v) is 5.00. The van der Waals surface area contributed by atoms with Crippen molar-refractivity contribution in [3.8, 4) is 0 Å². The summed E-state index contributed by atoms with van der Waals surface area (Å²) in [6.07, 6.45) is 3.72. The lowest BCUT2D eigenvalue weighted by Crippen LogP contribution is -2.35. The molecule has 1 atom stereocenters. The Morgan fingerprint density at radius 1 is 1.28 bits per heavy atom. The van der Waals surface area contributed by atoms with Crippen molar-refractivity contribution in [1.29, 1.82) is 0 Å². The molecule has 3 heteroatoms. The second kappa shape index (κ2) is 4.48. The second-order valence-corrected chi connectivity index (χ2v) is 6.03. The van der Waals surface area contributed by atoms with Crippen molar-refractivity contribution in [2.45, 2.75) is 37.6 Å². The molecule has 1 aliphatic rings. The molecular weight excluding hydrogens is 240 g/mol. The fourth-order valence-corrected chi connectivity index (χ4v) is 3.83. The molecule has 0 bridgehead atoms. The third kappa shape index (κ3) is 1.78. The average molecular weight is 258 g/mol. The van der Waals surface area contributed by atoms with Crippen molar-refractivity contribution in [3.63, 3.8) is 0 Å². The van der Waals surface area contributed by atoms with E-state index in [0.29, 0.717) is 0 Å². The van der Waals surface area contributed by atoms with Crippen LogP contribution in [0.2, 0.25) is 0 Å². The maximum atomic E-state index is 5.91. The van der Waals surface area contributed by atoms with Crippen molar-refractivity contribution in [1.82, 2.24) is 4.98 Å². The first kappa shape index (κ1) is 11.9. The van der Waals surface area contributed by atoms with Crippen LogP contribution in [-0.4, -0.2) is 4.98 Å². The molecule has 94 valence electrons. The SMILES string of the molecule is CC(N)c1csc(C2(c3ccccc3)CCC2)n1. The molecule has 1 saturated carbocycles. The van der Waals surface area contributed by atoms with Crippen LogP contribution in [0, 0.1) is 0 Å². The standard InChI is InChI=1S/C15H18N2S/c1-11(16)13-10-18-14(17-13)15(8-5-9-15)12-6-3-2-4-7-12/h2-4,6-7,10-11H,5,8-9,16H2,1H3. The van der Waals surface area contributed by atoms with Gasteiger partial charge in [0.05, 0.1) is 5.69 Å². The van der Waals surface area contributed by atoms with E-state index in [4.69, 9.17) is 10.7 Å². The Bertz CT molecular complexity index is 526. The summed E-state index contributed by atoms with van der Waals surface area (Å²) in [6, 6.07) is 10.8. The van der Waals surface area contributed by atoms with Gasteiger partial charge >= 0.3 is 0 Å². The van der Waals surface area contributed by atoms with Crippen molar-refractivity contribution in [3.05, 3.63) is 52.0 Å². The molecule has 1 unspecified atom stereocenters. The quantitative estimate of drug-likeness (QED) is 0.913. The normalized spacial score (nSPS) is 19.2. The van der Waals surface area contributed by atoms with E-state index in [0.717, 1.165) is 5.69 Å². The highest BCUT2D eigenvalue weighted by atomic mass is 32.1. The van der Waals surface area contributed by atoms with Crippen LogP contribution in [0.3, 0.4) is 0 Å². The van der Waals surface area contributed by atoms with Gasteiger partial charge in [0.15, 0.2) is 0 Å². The van der Waals surface area contributed by atoms with E-state index in [9.17, 15) is 0 Å². The van der Waals surface area contributed by atoms with E-state index in [1.807, 2.05) is 6.92 Å². The van der Waals surface area contributed by atoms with Crippen molar-refractivity contribution in [2.24, 2.45) is 5.73 Å². The summed E-state index contributed by atoms with van der Waals surface area (Å²) in [5.74, 6) is 0. The van der Waals surface area contributed by atoms with E-state index in [2.05, 4.69) is 35.7 Å². The van der Waals surface area contributed by atoms with Crippen molar-refractivity contribution in [2.75, 3.05) is 0 Å². The molecule has 1 heterocycles. The molecule has 0 saturated heterocycles. The first-order valence-corrected chi connectivity index (χ1v) is 7.37. The minimum Gasteiger partial charge on any atom is -0.323 e. The zero-order valence-electron chi connectivity index (χ0n) is 10.6. The Kier molecular flexibility index (Phi) is 2.96. The molecule has 3 rings (SSSR count). The molecule has 1 aliphatic carbocycles. The van der Waals surface area contributed by atoms with E-state index in [-0.39, 0.29) is 11.5 Å². The van der Waals surface area contributed by atoms with Gasteiger partial charge in [0.1, 0.15) is 5.01 Å². The zero-order chi connectivity index (χ0) is 12.6. The highest BCUT2D eigenvalue weighted by Gasteiger charge is 2.42. The van der Waals surface area contributed by atoms with Crippen molar-refractivity contribution >= 4 is 11.3 Å². The third-order valence-electron chi connectivity index (χ3n) is 3.93. The van der Waals surface area contributed by atoms with Gasteiger partial charge in [-0.15, -0.1) is 11.3 Å². The summed E-state index contributed by atoms with van der Waals surface area (Å²) < 4.78 is 0. The Balaban J connectivity index is 2.01. The number of hydrogen-bond donors (Lipinski definition) is 1. The monoisotopic (exact) mass is 258 g/mol. The van der Waals surface area contributed by atoms with Gasteiger partial charge in [-0.2, -0.15) is 0 Å². The largest absolute Gasteiger partial charge is 0.323 e. The Hall–Kier alpha value is -1.19. The van der Waals surface area contributed by atoms with Gasteiger partial charge in [-0.05, 0) is 25.3 Å². The number of hydrogen-bond acceptors (Lipinski definition) is 3. The van der Waals surface area contributed by atoms with Gasteiger partial charge in [0.25, 0.3) is 0 Å². The van der Waals surface area contributed by atoms with Crippen LogP contribution in [-0.2, 0) is 5.41 Å². The number of nitrogens with two attached hydrogens (primary N) is 1. The first-order chi connectivity index (χ1) is 8.72. The lowest BCUT2D eigenvalue weighted by molar-refractivity contribution is 0.300. The number of nitrogens with zero attached hydrogens (tertiary/aromatic N) is 1. The summed E-state index contributed by atoms with van der Waals surface area (Å²) in [4.78, 5) is 4.77. The van der Waals surface area contributed by atoms with Crippen LogP contribution in [0.15, 0.2) is 35.7 Å². The fourth-order valence-electron chi connectivity index (χ4n) is 2.63. The van der Waals surface area contributed by atoms with Gasteiger partial charge in [-0.1, -0.05) is 36.8 Å². The lowest BCUT2D eigenvalue weighted by Gasteiger charge is -2.40. The minimum absolute atomic E-state index is 0.0305. The minimum atomic E-state index is 0.0305. The summed E-state index contributed by atoms with van der Waals surface area (Å²) in [5, 5.41) is 3.36. The van der Waals surface area contributed by atoms with E-state index >= 15 is 0 Å². The number of benzene rings is 1. The Labute approximate surface area is 112 Å². The van der Waals surface area contributed by atoms with Gasteiger partial charge in [-0.3, -0.25) is 0 Å². The van der Waals surface area contributed by atoms with Crippen LogP contribution in [0.5, 0.6) is 0 Å². The van der Waals surface area contributed by atoms with E-state index in [1.165, 1.54) is 29.8 Å². The second-order valence-electron chi connectivity index (χ2n) is 5.17. The highest BCUT2D eigenvalue weighted by Crippen LogP contribution is 2.49. The molecule has 2 aromatic rings. The van der Waals surface area contributed by atoms with E-state index < -0.39 is 0 Å². The maximum Gasteiger partial charge on any atom is 0.103 e. The lowest BCUT2D eigenvalue weighted by atomic mass is 9.65. The number of rotatable bonds is 3. The summed E-state index contributed by atoms with van der Waals surface area (Å²) >= 11 is 1.76. The Morgan fingerprint density at radius 3 is 2.50 bits per heavy atom. The molecule has 1 aromatic carbocycles. The average Bonchev–Trinajstić information content (AvgIpc) is 2.79. The number of thiazole rings is 1. The highest BCUT2D eigenvalue weighted by molar-refractivity contribution is 7.09. The summed E-state index contributed by atoms with van der Waals surface area (Å²) in [5.41, 5.74) is 8.51. The summed E-state index contributed by atoms with van der Waals surface area (Å²) in [7, 11) is 0. The van der Waals surface area contributed by atoms with Gasteiger partial charge in [-0.25, -0.2) is 4.98 Å². The van der Waals surface area contributed by atoms with Gasteiger partial charge < -0.3 is 5.73 Å². The van der Waals surface area contributed by atoms with Crippen LogP contribution >= 0.6 is 11.3 Å². The summed E-state index contributed by atoms with van der Waals surface area (Å²) in [6.45, 7) is 1.99. The van der Waals surface area contributed by atoms with Gasteiger partial charge in [0, 0.05) is 16.8 Å². The predicted octanol–water partition coefficient (Wildman–Crippen LogP) is 3.63. The van der Waals surface area contributed by atoms with E-state index in [1.54, 1.807) is 11.3 Å². The number of aromatic nitrogens is 1. The topological polar surface area (TPSA) is 38.9 Å². The molecular formula is C15H18N2S. The zero-order valence-corrected chi connectivity index (χ0v) is 11.4. The molecule has 1 fully saturated rings. The molecule has 2 N–H and O–H groups in total. The molecule has 0 amide bonds. The van der Waals surface area contributed by atoms with Crippen molar-refractivity contribution < 1.29 is 0 Å². The maximum absolute atomic E-state index is 5.91. The van der Waals surface area contributed by atoms with Crippen LogP contribution in [0.25, 0.3) is 0 Å². The Morgan fingerprint density at radius 2 is 2.00 bits per heavy atom. The smallest absolute Gasteiger partial charge is 0.103 e. The molecule has 0 aliphatic heterocycles. The first-order valence-electron chi connectivity index (χ1n) is 6.49. The van der Waals surface area contributed by atoms with Crippen LogP contribution in [0.1, 0.15) is 48.5 Å². The van der Waals surface area contributed by atoms with Crippen LogP contribution < -0.4 is 5.73 Å². The van der Waals surface area contributed by atoms with Gasteiger partial charge in [0.2, 0.25) is 0 Å². The molecule has 2 nitrogen and oxygen atoms in total. The molecule has 0 radical (unpaired) electrons. The molecule has 0 spiro atoms. The van der Waals surface area contributed by atoms with Crippen LogP contribution in [0.4, 0.5) is 0 Å². The molecule has 1 aromatic heterocycles. The fraction of sp³-hybridized carbons (Fsp3) is 0.400.